The number of benzene rings is 1. The summed E-state index contributed by atoms with van der Waals surface area (Å²) >= 11 is 0. The second kappa shape index (κ2) is 4.57. The Balaban J connectivity index is 2.02. The van der Waals surface area contributed by atoms with Gasteiger partial charge in [-0.05, 0) is 38.0 Å². The van der Waals surface area contributed by atoms with E-state index >= 15 is 0 Å². The van der Waals surface area contributed by atoms with Gasteiger partial charge in [-0.2, -0.15) is 0 Å². The maximum absolute atomic E-state index is 13.7. The van der Waals surface area contributed by atoms with Crippen LogP contribution in [0.3, 0.4) is 0 Å². The monoisotopic (exact) mass is 261 g/mol. The maximum Gasteiger partial charge on any atom is 0.132 e. The molecule has 2 aromatic rings. The molecule has 0 bridgehead atoms. The van der Waals surface area contributed by atoms with Gasteiger partial charge in [0.05, 0.1) is 5.69 Å². The maximum atomic E-state index is 13.7. The van der Waals surface area contributed by atoms with Crippen molar-refractivity contribution in [2.24, 2.45) is 0 Å². The van der Waals surface area contributed by atoms with E-state index in [4.69, 9.17) is 0 Å². The molecule has 1 aromatic heterocycles. The number of nitrogens with zero attached hydrogens (tertiary/aromatic N) is 2. The third-order valence-electron chi connectivity index (χ3n) is 2.97. The van der Waals surface area contributed by atoms with Gasteiger partial charge < -0.3 is 5.32 Å². The Morgan fingerprint density at radius 3 is 2.68 bits per heavy atom. The van der Waals surface area contributed by atoms with Crippen LogP contribution in [-0.4, -0.2) is 16.0 Å². The lowest BCUT2D eigenvalue weighted by atomic mass is 10.1. The van der Waals surface area contributed by atoms with E-state index in [-0.39, 0.29) is 5.56 Å². The molecule has 3 rings (SSSR count). The summed E-state index contributed by atoms with van der Waals surface area (Å²) in [5, 5.41) is 3.23. The van der Waals surface area contributed by atoms with Crippen molar-refractivity contribution < 1.29 is 8.78 Å². The molecule has 1 aromatic carbocycles. The van der Waals surface area contributed by atoms with E-state index in [1.54, 1.807) is 13.0 Å². The molecule has 0 atom stereocenters. The highest BCUT2D eigenvalue weighted by Gasteiger charge is 2.22. The normalized spacial score (nSPS) is 14.5. The van der Waals surface area contributed by atoms with Crippen molar-refractivity contribution in [1.82, 2.24) is 9.97 Å². The summed E-state index contributed by atoms with van der Waals surface area (Å²) in [7, 11) is 0. The minimum absolute atomic E-state index is 0.157. The van der Waals surface area contributed by atoms with Crippen LogP contribution in [0.4, 0.5) is 14.6 Å². The molecule has 1 aliphatic carbocycles. The van der Waals surface area contributed by atoms with Gasteiger partial charge in [-0.3, -0.25) is 0 Å². The summed E-state index contributed by atoms with van der Waals surface area (Å²) < 4.78 is 27.0. The zero-order valence-corrected chi connectivity index (χ0v) is 10.5. The smallest absolute Gasteiger partial charge is 0.132 e. The topological polar surface area (TPSA) is 37.8 Å². The SMILES string of the molecule is Cc1nc(NC2CC2)cc(-c2cc(F)ccc2F)n1. The fraction of sp³-hybridized carbons (Fsp3) is 0.286. The minimum Gasteiger partial charge on any atom is -0.367 e. The van der Waals surface area contributed by atoms with Crippen LogP contribution in [0.2, 0.25) is 0 Å². The molecular formula is C14H13F2N3. The first-order valence-electron chi connectivity index (χ1n) is 6.19. The third kappa shape index (κ3) is 2.70. The number of rotatable bonds is 3. The molecule has 19 heavy (non-hydrogen) atoms. The standard InChI is InChI=1S/C14H13F2N3/c1-8-17-13(7-14(18-8)19-10-3-4-10)11-6-9(15)2-5-12(11)16/h2,5-7,10H,3-4H2,1H3,(H,17,18,19). The Hall–Kier alpha value is -2.04. The summed E-state index contributed by atoms with van der Waals surface area (Å²) in [4.78, 5) is 8.43. The van der Waals surface area contributed by atoms with Crippen molar-refractivity contribution in [3.63, 3.8) is 0 Å². The Bertz CT molecular complexity index is 624. The Morgan fingerprint density at radius 1 is 1.16 bits per heavy atom. The van der Waals surface area contributed by atoms with Gasteiger partial charge in [0.15, 0.2) is 0 Å². The van der Waals surface area contributed by atoms with E-state index < -0.39 is 11.6 Å². The molecule has 3 nitrogen and oxygen atoms in total. The molecule has 0 amide bonds. The van der Waals surface area contributed by atoms with Gasteiger partial charge in [0.1, 0.15) is 23.3 Å². The van der Waals surface area contributed by atoms with Gasteiger partial charge in [-0.25, -0.2) is 18.7 Å². The Kier molecular flexibility index (Phi) is 2.89. The van der Waals surface area contributed by atoms with Crippen molar-refractivity contribution in [3.8, 4) is 11.3 Å². The number of aromatic nitrogens is 2. The first kappa shape index (κ1) is 12.0. The molecule has 1 saturated carbocycles. The molecule has 1 aliphatic rings. The predicted molar refractivity (Wildman–Crippen MR) is 68.8 cm³/mol. The third-order valence-corrected chi connectivity index (χ3v) is 2.97. The number of hydrogen-bond acceptors (Lipinski definition) is 3. The number of halogens is 2. The molecule has 5 heteroatoms. The van der Waals surface area contributed by atoms with Gasteiger partial charge in [-0.15, -0.1) is 0 Å². The van der Waals surface area contributed by atoms with Gasteiger partial charge >= 0.3 is 0 Å². The van der Waals surface area contributed by atoms with Crippen molar-refractivity contribution >= 4 is 5.82 Å². The van der Waals surface area contributed by atoms with Crippen molar-refractivity contribution in [1.29, 1.82) is 0 Å². The lowest BCUT2D eigenvalue weighted by Gasteiger charge is -2.08. The highest BCUT2D eigenvalue weighted by atomic mass is 19.1. The van der Waals surface area contributed by atoms with E-state index in [0.29, 0.717) is 23.4 Å². The second-order valence-electron chi connectivity index (χ2n) is 4.73. The largest absolute Gasteiger partial charge is 0.367 e. The molecular weight excluding hydrogens is 248 g/mol. The van der Waals surface area contributed by atoms with Crippen LogP contribution in [0.15, 0.2) is 24.3 Å². The summed E-state index contributed by atoms with van der Waals surface area (Å²) in [6.45, 7) is 1.73. The van der Waals surface area contributed by atoms with Crippen LogP contribution >= 0.6 is 0 Å². The zero-order chi connectivity index (χ0) is 13.4. The zero-order valence-electron chi connectivity index (χ0n) is 10.5. The van der Waals surface area contributed by atoms with Gasteiger partial charge in [0.2, 0.25) is 0 Å². The van der Waals surface area contributed by atoms with Gasteiger partial charge in [-0.1, -0.05) is 0 Å². The van der Waals surface area contributed by atoms with E-state index in [1.807, 2.05) is 0 Å². The number of hydrogen-bond donors (Lipinski definition) is 1. The minimum atomic E-state index is -0.489. The molecule has 0 spiro atoms. The summed E-state index contributed by atoms with van der Waals surface area (Å²) in [6, 6.07) is 5.45. The molecule has 1 N–H and O–H groups in total. The summed E-state index contributed by atoms with van der Waals surface area (Å²) in [5.74, 6) is 0.221. The highest BCUT2D eigenvalue weighted by Crippen LogP contribution is 2.27. The van der Waals surface area contributed by atoms with Gasteiger partial charge in [0.25, 0.3) is 0 Å². The van der Waals surface area contributed by atoms with Crippen LogP contribution in [0.25, 0.3) is 11.3 Å². The van der Waals surface area contributed by atoms with E-state index in [1.165, 1.54) is 0 Å². The first-order valence-corrected chi connectivity index (χ1v) is 6.19. The van der Waals surface area contributed by atoms with Crippen LogP contribution in [0.5, 0.6) is 0 Å². The molecule has 0 aliphatic heterocycles. The van der Waals surface area contributed by atoms with Gasteiger partial charge in [0, 0.05) is 17.7 Å². The summed E-state index contributed by atoms with van der Waals surface area (Å²) in [5.41, 5.74) is 0.553. The van der Waals surface area contributed by atoms with Crippen LogP contribution < -0.4 is 5.32 Å². The van der Waals surface area contributed by atoms with Crippen molar-refractivity contribution in [2.75, 3.05) is 5.32 Å². The average Bonchev–Trinajstić information content (AvgIpc) is 3.15. The molecule has 0 unspecified atom stereocenters. The van der Waals surface area contributed by atoms with Crippen LogP contribution in [0.1, 0.15) is 18.7 Å². The first-order chi connectivity index (χ1) is 9.11. The van der Waals surface area contributed by atoms with E-state index in [2.05, 4.69) is 15.3 Å². The molecule has 0 saturated heterocycles. The fourth-order valence-electron chi connectivity index (χ4n) is 1.91. The number of nitrogens with one attached hydrogen (secondary N) is 1. The lowest BCUT2D eigenvalue weighted by molar-refractivity contribution is 0.602. The molecule has 0 radical (unpaired) electrons. The Morgan fingerprint density at radius 2 is 1.95 bits per heavy atom. The Labute approximate surface area is 109 Å². The number of aryl methyl sites for hydroxylation is 1. The fourth-order valence-corrected chi connectivity index (χ4v) is 1.91. The molecule has 1 fully saturated rings. The quantitative estimate of drug-likeness (QED) is 0.921. The molecule has 1 heterocycles. The second-order valence-corrected chi connectivity index (χ2v) is 4.73. The highest BCUT2D eigenvalue weighted by molar-refractivity contribution is 5.63. The van der Waals surface area contributed by atoms with Crippen LogP contribution in [0, 0.1) is 18.6 Å². The van der Waals surface area contributed by atoms with E-state index in [0.717, 1.165) is 31.0 Å². The van der Waals surface area contributed by atoms with Crippen LogP contribution in [-0.2, 0) is 0 Å². The van der Waals surface area contributed by atoms with Crippen molar-refractivity contribution in [3.05, 3.63) is 41.7 Å². The number of anilines is 1. The van der Waals surface area contributed by atoms with Crippen molar-refractivity contribution in [2.45, 2.75) is 25.8 Å². The van der Waals surface area contributed by atoms with E-state index in [9.17, 15) is 8.78 Å². The molecule has 98 valence electrons. The summed E-state index contributed by atoms with van der Waals surface area (Å²) in [6.07, 6.45) is 2.24. The predicted octanol–water partition coefficient (Wildman–Crippen LogP) is 3.30. The lowest BCUT2D eigenvalue weighted by Crippen LogP contribution is -2.05. The average molecular weight is 261 g/mol.